The fraction of sp³-hybridized carbons (Fsp3) is 1.00. The van der Waals surface area contributed by atoms with Crippen LogP contribution in [0.25, 0.3) is 0 Å². The average molecular weight is 239 g/mol. The van der Waals surface area contributed by atoms with E-state index in [0.717, 1.165) is 0 Å². The van der Waals surface area contributed by atoms with Crippen molar-refractivity contribution in [3.63, 3.8) is 0 Å². The second-order valence-electron chi connectivity index (χ2n) is 1.83. The first kappa shape index (κ1) is 12.4. The maximum Gasteiger partial charge on any atom is 0.535 e. The minimum atomic E-state index is -5.25. The van der Waals surface area contributed by atoms with Crippen LogP contribution in [0.3, 0.4) is 0 Å². The van der Waals surface area contributed by atoms with Gasteiger partial charge in [0, 0.05) is 0 Å². The van der Waals surface area contributed by atoms with Crippen molar-refractivity contribution < 1.29 is 38.2 Å². The SMILES string of the molecule is O=[P+](O)C(P(=O)(O)O)P(=O)(O)O. The smallest absolute Gasteiger partial charge is 0.321 e. The molecule has 0 saturated carbocycles. The summed E-state index contributed by atoms with van der Waals surface area (Å²) in [4.78, 5) is 41.2. The van der Waals surface area contributed by atoms with Crippen molar-refractivity contribution in [2.45, 2.75) is 5.14 Å². The molecular formula is CH6O8P3+. The highest BCUT2D eigenvalue weighted by atomic mass is 31.3. The Morgan fingerprint density at radius 2 is 1.25 bits per heavy atom. The second-order valence-corrected chi connectivity index (χ2v) is 7.56. The molecule has 0 amide bonds. The molecule has 12 heavy (non-hydrogen) atoms. The molecule has 0 aliphatic rings. The van der Waals surface area contributed by atoms with Gasteiger partial charge in [-0.25, -0.2) is 0 Å². The van der Waals surface area contributed by atoms with Gasteiger partial charge in [0.15, 0.2) is 0 Å². The lowest BCUT2D eigenvalue weighted by Gasteiger charge is -2.07. The van der Waals surface area contributed by atoms with Crippen LogP contribution < -0.4 is 0 Å². The van der Waals surface area contributed by atoms with E-state index in [0.29, 0.717) is 0 Å². The van der Waals surface area contributed by atoms with Gasteiger partial charge < -0.3 is 19.6 Å². The molecular weight excluding hydrogens is 233 g/mol. The zero-order valence-electron chi connectivity index (χ0n) is 5.38. The zero-order chi connectivity index (χ0) is 10.2. The van der Waals surface area contributed by atoms with Gasteiger partial charge in [0.2, 0.25) is 0 Å². The van der Waals surface area contributed by atoms with E-state index in [4.69, 9.17) is 24.5 Å². The molecule has 0 aliphatic heterocycles. The van der Waals surface area contributed by atoms with Gasteiger partial charge in [-0.1, -0.05) is 0 Å². The number of hydrogen-bond donors (Lipinski definition) is 5. The van der Waals surface area contributed by atoms with Crippen LogP contribution in [-0.4, -0.2) is 29.6 Å². The van der Waals surface area contributed by atoms with E-state index in [1.165, 1.54) is 0 Å². The second kappa shape index (κ2) is 3.62. The number of rotatable bonds is 3. The lowest BCUT2D eigenvalue weighted by molar-refractivity contribution is 0.348. The molecule has 0 aromatic heterocycles. The third-order valence-corrected chi connectivity index (χ3v) is 7.19. The minimum absolute atomic E-state index is 2.82. The van der Waals surface area contributed by atoms with Crippen LogP contribution in [0.2, 0.25) is 0 Å². The Morgan fingerprint density at radius 1 is 1.00 bits per heavy atom. The third kappa shape index (κ3) is 3.39. The summed E-state index contributed by atoms with van der Waals surface area (Å²) in [5, 5.41) is -2.82. The van der Waals surface area contributed by atoms with Crippen molar-refractivity contribution in [1.82, 2.24) is 0 Å². The molecule has 0 bridgehead atoms. The molecule has 72 valence electrons. The molecule has 0 aromatic rings. The van der Waals surface area contributed by atoms with Gasteiger partial charge >= 0.3 is 28.4 Å². The van der Waals surface area contributed by atoms with Crippen LogP contribution in [0.1, 0.15) is 0 Å². The maximum atomic E-state index is 10.3. The van der Waals surface area contributed by atoms with Crippen molar-refractivity contribution >= 4 is 23.2 Å². The summed E-state index contributed by atoms with van der Waals surface area (Å²) in [6, 6.07) is 0. The van der Waals surface area contributed by atoms with Crippen LogP contribution in [0.5, 0.6) is 0 Å². The Balaban J connectivity index is 5.11. The van der Waals surface area contributed by atoms with E-state index < -0.39 is 28.4 Å². The van der Waals surface area contributed by atoms with Crippen LogP contribution in [-0.2, 0) is 13.7 Å². The molecule has 11 heteroatoms. The van der Waals surface area contributed by atoms with Crippen molar-refractivity contribution in [2.24, 2.45) is 0 Å². The molecule has 0 heterocycles. The molecule has 1 unspecified atom stereocenters. The largest absolute Gasteiger partial charge is 0.535 e. The molecule has 0 radical (unpaired) electrons. The lowest BCUT2D eigenvalue weighted by Crippen LogP contribution is -2.03. The lowest BCUT2D eigenvalue weighted by atomic mass is 11.8. The highest BCUT2D eigenvalue weighted by Gasteiger charge is 2.58. The Morgan fingerprint density at radius 3 is 1.25 bits per heavy atom. The highest BCUT2D eigenvalue weighted by Crippen LogP contribution is 2.67. The van der Waals surface area contributed by atoms with E-state index in [1.807, 2.05) is 0 Å². The minimum Gasteiger partial charge on any atom is -0.321 e. The van der Waals surface area contributed by atoms with Crippen LogP contribution in [0, 0.1) is 0 Å². The van der Waals surface area contributed by atoms with E-state index in [2.05, 4.69) is 0 Å². The summed E-state index contributed by atoms with van der Waals surface area (Å²) in [5.74, 6) is 0. The number of hydrogen-bond acceptors (Lipinski definition) is 3. The van der Waals surface area contributed by atoms with E-state index in [9.17, 15) is 13.7 Å². The first-order chi connectivity index (χ1) is 5.07. The predicted octanol–water partition coefficient (Wildman–Crippen LogP) is -0.640. The Bertz CT molecular complexity index is 246. The normalized spacial score (nSPS) is 15.0. The summed E-state index contributed by atoms with van der Waals surface area (Å²) >= 11 is 0. The van der Waals surface area contributed by atoms with E-state index in [1.54, 1.807) is 0 Å². The van der Waals surface area contributed by atoms with Gasteiger partial charge in [-0.2, -0.15) is 4.89 Å². The van der Waals surface area contributed by atoms with Gasteiger partial charge in [0.1, 0.15) is 0 Å². The molecule has 0 rings (SSSR count). The van der Waals surface area contributed by atoms with Crippen LogP contribution in [0.15, 0.2) is 0 Å². The molecule has 1 atom stereocenters. The summed E-state index contributed by atoms with van der Waals surface area (Å²) in [7, 11) is -14.1. The monoisotopic (exact) mass is 239 g/mol. The Labute approximate surface area is 67.4 Å². The third-order valence-electron chi connectivity index (χ3n) is 0.799. The summed E-state index contributed by atoms with van der Waals surface area (Å²) in [6.07, 6.45) is 0. The van der Waals surface area contributed by atoms with Crippen molar-refractivity contribution in [1.29, 1.82) is 0 Å². The fourth-order valence-electron chi connectivity index (χ4n) is 0.453. The predicted molar refractivity (Wildman–Crippen MR) is 37.7 cm³/mol. The fourth-order valence-corrected chi connectivity index (χ4v) is 4.08. The standard InChI is InChI=1S/CH5O8P3/c2-10(3)1(11(4,5)6)12(7,8)9/h1H,(H4-,2,3,4,5,6,7,8,9)/p+1. The molecule has 0 saturated heterocycles. The van der Waals surface area contributed by atoms with Crippen molar-refractivity contribution in [3.05, 3.63) is 0 Å². The molecule has 0 fully saturated rings. The summed E-state index contributed by atoms with van der Waals surface area (Å²) < 4.78 is 30.7. The maximum absolute atomic E-state index is 10.3. The Kier molecular flexibility index (Phi) is 3.73. The highest BCUT2D eigenvalue weighted by molar-refractivity contribution is 7.83. The van der Waals surface area contributed by atoms with Crippen LogP contribution >= 0.6 is 23.2 Å². The molecule has 0 aliphatic carbocycles. The molecule has 5 N–H and O–H groups in total. The van der Waals surface area contributed by atoms with E-state index >= 15 is 0 Å². The van der Waals surface area contributed by atoms with Gasteiger partial charge in [0.25, 0.3) is 0 Å². The quantitative estimate of drug-likeness (QED) is 0.407. The zero-order valence-corrected chi connectivity index (χ0v) is 8.06. The summed E-state index contributed by atoms with van der Waals surface area (Å²) in [6.45, 7) is 0. The molecule has 0 spiro atoms. The van der Waals surface area contributed by atoms with Crippen molar-refractivity contribution in [3.8, 4) is 0 Å². The van der Waals surface area contributed by atoms with E-state index in [-0.39, 0.29) is 0 Å². The molecule has 0 aromatic carbocycles. The van der Waals surface area contributed by atoms with Gasteiger partial charge in [-0.05, 0) is 4.57 Å². The average Bonchev–Trinajstić information content (AvgIpc) is 1.49. The Hall–Kier alpha value is 0.360. The van der Waals surface area contributed by atoms with Gasteiger partial charge in [0.05, 0.1) is 0 Å². The van der Waals surface area contributed by atoms with Crippen molar-refractivity contribution in [2.75, 3.05) is 0 Å². The topological polar surface area (TPSA) is 152 Å². The van der Waals surface area contributed by atoms with Gasteiger partial charge in [-0.3, -0.25) is 9.13 Å². The first-order valence-corrected chi connectivity index (χ1v) is 6.97. The molecule has 8 nitrogen and oxygen atoms in total. The van der Waals surface area contributed by atoms with Crippen LogP contribution in [0.4, 0.5) is 0 Å². The summed E-state index contributed by atoms with van der Waals surface area (Å²) in [5.41, 5.74) is 0. The van der Waals surface area contributed by atoms with Gasteiger partial charge in [-0.15, -0.1) is 0 Å². The first-order valence-electron chi connectivity index (χ1n) is 2.32.